The van der Waals surface area contributed by atoms with E-state index in [2.05, 4.69) is 6.92 Å². The predicted molar refractivity (Wildman–Crippen MR) is 52.4 cm³/mol. The minimum atomic E-state index is -0.356. The fourth-order valence-electron chi connectivity index (χ4n) is 2.51. The van der Waals surface area contributed by atoms with Gasteiger partial charge in [-0.1, -0.05) is 19.8 Å². The van der Waals surface area contributed by atoms with E-state index in [9.17, 15) is 9.90 Å². The first-order chi connectivity index (χ1) is 6.10. The summed E-state index contributed by atoms with van der Waals surface area (Å²) in [6.07, 6.45) is 5.83. The Morgan fingerprint density at radius 3 is 2.77 bits per heavy atom. The van der Waals surface area contributed by atoms with E-state index in [1.165, 1.54) is 6.42 Å². The van der Waals surface area contributed by atoms with Crippen molar-refractivity contribution in [3.05, 3.63) is 0 Å². The lowest BCUT2D eigenvalue weighted by atomic mass is 9.65. The largest absolute Gasteiger partial charge is 0.393 e. The second-order valence-corrected chi connectivity index (χ2v) is 4.55. The Morgan fingerprint density at radius 1 is 1.62 bits per heavy atom. The average Bonchev–Trinajstić information content (AvgIpc) is 2.08. The van der Waals surface area contributed by atoms with Crippen LogP contribution in [-0.2, 0) is 4.79 Å². The fraction of sp³-hybridized carbons (Fsp3) is 0.909. The Bertz CT molecular complexity index is 177. The van der Waals surface area contributed by atoms with E-state index < -0.39 is 0 Å². The van der Waals surface area contributed by atoms with Gasteiger partial charge in [-0.25, -0.2) is 0 Å². The van der Waals surface area contributed by atoms with E-state index >= 15 is 0 Å². The van der Waals surface area contributed by atoms with Gasteiger partial charge in [0.25, 0.3) is 0 Å². The van der Waals surface area contributed by atoms with Crippen LogP contribution in [0.2, 0.25) is 0 Å². The molecule has 0 heterocycles. The second kappa shape index (κ2) is 4.23. The predicted octanol–water partition coefficient (Wildman–Crippen LogP) is 2.15. The van der Waals surface area contributed by atoms with E-state index in [1.807, 2.05) is 0 Å². The van der Waals surface area contributed by atoms with Gasteiger partial charge in [-0.2, -0.15) is 0 Å². The number of carbonyl (C=O) groups is 1. The standard InChI is InChI=1S/C11H20O2/c1-9-5-3-4-6-11(9,8-12)7-10(2)13/h8-10,13H,3-7H2,1-2H3. The molecule has 0 spiro atoms. The molecule has 1 aliphatic carbocycles. The van der Waals surface area contributed by atoms with Gasteiger partial charge in [0.2, 0.25) is 0 Å². The average molecular weight is 184 g/mol. The molecule has 0 amide bonds. The maximum absolute atomic E-state index is 11.1. The van der Waals surface area contributed by atoms with Crippen molar-refractivity contribution in [1.82, 2.24) is 0 Å². The molecule has 0 aromatic rings. The first kappa shape index (κ1) is 10.7. The third-order valence-electron chi connectivity index (χ3n) is 3.42. The van der Waals surface area contributed by atoms with Gasteiger partial charge in [0, 0.05) is 5.41 Å². The van der Waals surface area contributed by atoms with Crippen LogP contribution in [0.1, 0.15) is 46.0 Å². The van der Waals surface area contributed by atoms with Gasteiger partial charge in [0.05, 0.1) is 6.10 Å². The number of rotatable bonds is 3. The molecule has 0 saturated heterocycles. The van der Waals surface area contributed by atoms with Crippen LogP contribution in [0.3, 0.4) is 0 Å². The molecule has 3 unspecified atom stereocenters. The lowest BCUT2D eigenvalue weighted by Gasteiger charge is -2.39. The first-order valence-electron chi connectivity index (χ1n) is 5.25. The number of aliphatic hydroxyl groups excluding tert-OH is 1. The highest BCUT2D eigenvalue weighted by Gasteiger charge is 2.38. The highest BCUT2D eigenvalue weighted by molar-refractivity contribution is 5.60. The van der Waals surface area contributed by atoms with Crippen molar-refractivity contribution in [2.45, 2.75) is 52.1 Å². The van der Waals surface area contributed by atoms with Gasteiger partial charge in [-0.05, 0) is 32.1 Å². The van der Waals surface area contributed by atoms with Crippen molar-refractivity contribution in [2.75, 3.05) is 0 Å². The summed E-state index contributed by atoms with van der Waals surface area (Å²) >= 11 is 0. The van der Waals surface area contributed by atoms with Crippen LogP contribution >= 0.6 is 0 Å². The normalized spacial score (nSPS) is 37.0. The minimum Gasteiger partial charge on any atom is -0.393 e. The maximum Gasteiger partial charge on any atom is 0.126 e. The molecule has 0 aromatic heterocycles. The summed E-state index contributed by atoms with van der Waals surface area (Å²) in [5.74, 6) is 0.438. The van der Waals surface area contributed by atoms with Gasteiger partial charge in [0.15, 0.2) is 0 Å². The molecule has 1 N–H and O–H groups in total. The monoisotopic (exact) mass is 184 g/mol. The fourth-order valence-corrected chi connectivity index (χ4v) is 2.51. The van der Waals surface area contributed by atoms with Crippen molar-refractivity contribution in [3.8, 4) is 0 Å². The van der Waals surface area contributed by atoms with E-state index in [0.717, 1.165) is 25.5 Å². The van der Waals surface area contributed by atoms with Crippen LogP contribution in [0.5, 0.6) is 0 Å². The maximum atomic E-state index is 11.1. The summed E-state index contributed by atoms with van der Waals surface area (Å²) in [5.41, 5.74) is -0.230. The van der Waals surface area contributed by atoms with Crippen molar-refractivity contribution >= 4 is 6.29 Å². The minimum absolute atomic E-state index is 0.230. The molecule has 2 nitrogen and oxygen atoms in total. The lowest BCUT2D eigenvalue weighted by molar-refractivity contribution is -0.123. The lowest BCUT2D eigenvalue weighted by Crippen LogP contribution is -2.36. The first-order valence-corrected chi connectivity index (χ1v) is 5.25. The van der Waals surface area contributed by atoms with E-state index in [-0.39, 0.29) is 11.5 Å². The molecule has 0 radical (unpaired) electrons. The van der Waals surface area contributed by atoms with Crippen LogP contribution in [0.4, 0.5) is 0 Å². The second-order valence-electron chi connectivity index (χ2n) is 4.55. The summed E-state index contributed by atoms with van der Waals surface area (Å²) in [6, 6.07) is 0. The SMILES string of the molecule is CC(O)CC1(C=O)CCCCC1C. The molecule has 0 bridgehead atoms. The smallest absolute Gasteiger partial charge is 0.126 e. The molecular formula is C11H20O2. The topological polar surface area (TPSA) is 37.3 Å². The summed E-state index contributed by atoms with van der Waals surface area (Å²) in [7, 11) is 0. The van der Waals surface area contributed by atoms with Crippen molar-refractivity contribution in [3.63, 3.8) is 0 Å². The van der Waals surface area contributed by atoms with Crippen LogP contribution in [-0.4, -0.2) is 17.5 Å². The van der Waals surface area contributed by atoms with Gasteiger partial charge < -0.3 is 9.90 Å². The molecule has 76 valence electrons. The highest BCUT2D eigenvalue weighted by Crippen LogP contribution is 2.42. The quantitative estimate of drug-likeness (QED) is 0.682. The number of aldehydes is 1. The molecule has 1 rings (SSSR count). The summed E-state index contributed by atoms with van der Waals surface area (Å²) in [4.78, 5) is 11.1. The molecule has 13 heavy (non-hydrogen) atoms. The van der Waals surface area contributed by atoms with E-state index in [0.29, 0.717) is 12.3 Å². The van der Waals surface area contributed by atoms with Crippen LogP contribution in [0, 0.1) is 11.3 Å². The van der Waals surface area contributed by atoms with E-state index in [1.54, 1.807) is 6.92 Å². The highest BCUT2D eigenvalue weighted by atomic mass is 16.3. The third-order valence-corrected chi connectivity index (χ3v) is 3.42. The van der Waals surface area contributed by atoms with Crippen LogP contribution in [0.15, 0.2) is 0 Å². The summed E-state index contributed by atoms with van der Waals surface area (Å²) < 4.78 is 0. The van der Waals surface area contributed by atoms with Crippen molar-refractivity contribution in [2.24, 2.45) is 11.3 Å². The zero-order valence-corrected chi connectivity index (χ0v) is 8.62. The number of aliphatic hydroxyl groups is 1. The number of carbonyl (C=O) groups excluding carboxylic acids is 1. The zero-order chi connectivity index (χ0) is 9.90. The molecule has 0 aromatic carbocycles. The van der Waals surface area contributed by atoms with Gasteiger partial charge in [0.1, 0.15) is 6.29 Å². The van der Waals surface area contributed by atoms with Gasteiger partial charge >= 0.3 is 0 Å². The Hall–Kier alpha value is -0.370. The molecule has 3 atom stereocenters. The van der Waals surface area contributed by atoms with Crippen LogP contribution in [0.25, 0.3) is 0 Å². The van der Waals surface area contributed by atoms with Crippen molar-refractivity contribution in [1.29, 1.82) is 0 Å². The zero-order valence-electron chi connectivity index (χ0n) is 8.62. The Kier molecular flexibility index (Phi) is 3.48. The number of hydrogen-bond acceptors (Lipinski definition) is 2. The number of hydrogen-bond donors (Lipinski definition) is 1. The van der Waals surface area contributed by atoms with E-state index in [4.69, 9.17) is 0 Å². The Labute approximate surface area is 80.3 Å². The van der Waals surface area contributed by atoms with Crippen molar-refractivity contribution < 1.29 is 9.90 Å². The molecular weight excluding hydrogens is 164 g/mol. The van der Waals surface area contributed by atoms with Gasteiger partial charge in [-0.3, -0.25) is 0 Å². The molecule has 1 fully saturated rings. The molecule has 1 saturated carbocycles. The van der Waals surface area contributed by atoms with Crippen LogP contribution < -0.4 is 0 Å². The van der Waals surface area contributed by atoms with Gasteiger partial charge in [-0.15, -0.1) is 0 Å². The summed E-state index contributed by atoms with van der Waals surface area (Å²) in [6.45, 7) is 3.91. The Morgan fingerprint density at radius 2 is 2.31 bits per heavy atom. The molecule has 2 heteroatoms. The molecule has 0 aliphatic heterocycles. The third kappa shape index (κ3) is 2.31. The molecule has 1 aliphatic rings. The Balaban J connectivity index is 2.70. The summed E-state index contributed by atoms with van der Waals surface area (Å²) in [5, 5.41) is 9.36.